The molecule has 0 aliphatic carbocycles. The van der Waals surface area contributed by atoms with Gasteiger partial charge in [0.05, 0.1) is 0 Å². The maximum atomic E-state index is 12.1. The van der Waals surface area contributed by atoms with Crippen LogP contribution in [0.2, 0.25) is 0 Å². The van der Waals surface area contributed by atoms with E-state index in [0.717, 1.165) is 0 Å². The Kier molecular flexibility index (Phi) is 4.06. The SMILES string of the molecule is O=C(OC(=O)C(F)(F)C(F)(F)F)C(=O)C(F)(F)F. The zero-order valence-electron chi connectivity index (χ0n) is 7.66. The van der Waals surface area contributed by atoms with Gasteiger partial charge in [-0.25, -0.2) is 9.59 Å². The van der Waals surface area contributed by atoms with E-state index in [1.54, 1.807) is 0 Å². The van der Waals surface area contributed by atoms with Crippen LogP contribution in [0, 0.1) is 0 Å². The van der Waals surface area contributed by atoms with Gasteiger partial charge in [-0.2, -0.15) is 35.1 Å². The lowest BCUT2D eigenvalue weighted by molar-refractivity contribution is -0.279. The topological polar surface area (TPSA) is 60.4 Å². The lowest BCUT2D eigenvalue weighted by atomic mass is 10.3. The normalized spacial score (nSPS) is 13.1. The fourth-order valence-electron chi connectivity index (χ4n) is 0.426. The summed E-state index contributed by atoms with van der Waals surface area (Å²) in [5.74, 6) is -16.4. The Balaban J connectivity index is 4.91. The molecule has 18 heavy (non-hydrogen) atoms. The third-order valence-corrected chi connectivity index (χ3v) is 1.24. The second kappa shape index (κ2) is 4.49. The van der Waals surface area contributed by atoms with Crippen molar-refractivity contribution in [3.05, 3.63) is 0 Å². The molecule has 0 radical (unpaired) electrons. The summed E-state index contributed by atoms with van der Waals surface area (Å²) in [5, 5.41) is 0. The minimum absolute atomic E-state index is 2.51. The predicted molar refractivity (Wildman–Crippen MR) is 33.2 cm³/mol. The first-order valence-electron chi connectivity index (χ1n) is 3.53. The molecule has 0 rings (SSSR count). The van der Waals surface area contributed by atoms with Crippen LogP contribution in [0.25, 0.3) is 0 Å². The van der Waals surface area contributed by atoms with E-state index >= 15 is 0 Å². The monoisotopic (exact) mass is 288 g/mol. The maximum absolute atomic E-state index is 12.1. The standard InChI is InChI=1S/C6F8O4/c7-4(8,6(12,13)14)3(17)18-2(16)1(15)5(9,10)11. The summed E-state index contributed by atoms with van der Waals surface area (Å²) >= 11 is 0. The molecule has 0 spiro atoms. The van der Waals surface area contributed by atoms with E-state index in [-0.39, 0.29) is 0 Å². The van der Waals surface area contributed by atoms with Crippen molar-refractivity contribution in [3.63, 3.8) is 0 Å². The molecule has 0 aliphatic rings. The first kappa shape index (κ1) is 16.2. The van der Waals surface area contributed by atoms with Gasteiger partial charge in [0.15, 0.2) is 0 Å². The number of hydrogen-bond donors (Lipinski definition) is 0. The molecule has 0 aromatic heterocycles. The number of esters is 2. The summed E-state index contributed by atoms with van der Waals surface area (Å²) in [6.45, 7) is 0. The molecule has 4 nitrogen and oxygen atoms in total. The Bertz CT molecular complexity index is 378. The number of carbonyl (C=O) groups is 3. The van der Waals surface area contributed by atoms with Crippen LogP contribution < -0.4 is 0 Å². The van der Waals surface area contributed by atoms with E-state index in [4.69, 9.17) is 0 Å². The molecule has 0 aromatic rings. The third-order valence-electron chi connectivity index (χ3n) is 1.24. The first-order chi connectivity index (χ1) is 7.71. The van der Waals surface area contributed by atoms with Gasteiger partial charge in [-0.3, -0.25) is 4.79 Å². The number of alkyl halides is 8. The van der Waals surface area contributed by atoms with Crippen molar-refractivity contribution in [2.45, 2.75) is 18.3 Å². The van der Waals surface area contributed by atoms with Crippen molar-refractivity contribution in [2.75, 3.05) is 0 Å². The second-order valence-corrected chi connectivity index (χ2v) is 2.58. The van der Waals surface area contributed by atoms with Crippen LogP contribution >= 0.6 is 0 Å². The molecule has 0 saturated heterocycles. The zero-order chi connectivity index (χ0) is 14.9. The number of Topliss-reactive ketones (excluding diaryl/α,β-unsaturated/α-hetero) is 1. The highest BCUT2D eigenvalue weighted by molar-refractivity contribution is 6.37. The summed E-state index contributed by atoms with van der Waals surface area (Å²) < 4.78 is 95.7. The van der Waals surface area contributed by atoms with Gasteiger partial charge in [0.2, 0.25) is 0 Å². The number of halogens is 8. The van der Waals surface area contributed by atoms with Gasteiger partial charge in [-0.1, -0.05) is 0 Å². The number of ether oxygens (including phenoxy) is 1. The number of hydrogen-bond acceptors (Lipinski definition) is 4. The van der Waals surface area contributed by atoms with Crippen LogP contribution in [-0.2, 0) is 19.1 Å². The summed E-state index contributed by atoms with van der Waals surface area (Å²) in [6.07, 6.45) is -12.4. The minimum atomic E-state index is -6.48. The Hall–Kier alpha value is -1.75. The van der Waals surface area contributed by atoms with E-state index in [9.17, 15) is 49.5 Å². The lowest BCUT2D eigenvalue weighted by Crippen LogP contribution is -2.47. The van der Waals surface area contributed by atoms with Gasteiger partial charge in [-0.05, 0) is 0 Å². The molecular formula is C6F8O4. The van der Waals surface area contributed by atoms with Gasteiger partial charge in [0.25, 0.3) is 0 Å². The van der Waals surface area contributed by atoms with Crippen molar-refractivity contribution >= 4 is 17.7 Å². The summed E-state index contributed by atoms with van der Waals surface area (Å²) in [5.41, 5.74) is 0. The van der Waals surface area contributed by atoms with Crippen LogP contribution in [0.15, 0.2) is 0 Å². The Morgan fingerprint density at radius 3 is 1.44 bits per heavy atom. The second-order valence-electron chi connectivity index (χ2n) is 2.58. The summed E-state index contributed by atoms with van der Waals surface area (Å²) in [7, 11) is 0. The molecule has 0 unspecified atom stereocenters. The largest absolute Gasteiger partial charge is 0.465 e. The van der Waals surface area contributed by atoms with E-state index in [1.165, 1.54) is 0 Å². The van der Waals surface area contributed by atoms with Crippen LogP contribution in [-0.4, -0.2) is 36.0 Å². The number of carbonyl (C=O) groups excluding carboxylic acids is 3. The predicted octanol–water partition coefficient (Wildman–Crippen LogP) is 1.39. The molecular weight excluding hydrogens is 288 g/mol. The van der Waals surface area contributed by atoms with E-state index in [1.807, 2.05) is 0 Å². The summed E-state index contributed by atoms with van der Waals surface area (Å²) in [6, 6.07) is 0. The number of ketones is 1. The Morgan fingerprint density at radius 2 is 1.17 bits per heavy atom. The molecule has 0 aromatic carbocycles. The lowest BCUT2D eigenvalue weighted by Gasteiger charge is -2.16. The van der Waals surface area contributed by atoms with Gasteiger partial charge in [0.1, 0.15) is 0 Å². The molecule has 12 heteroatoms. The fourth-order valence-corrected chi connectivity index (χ4v) is 0.426. The third kappa shape index (κ3) is 3.37. The van der Waals surface area contributed by atoms with Crippen molar-refractivity contribution in [2.24, 2.45) is 0 Å². The average molecular weight is 288 g/mol. The highest BCUT2D eigenvalue weighted by atomic mass is 19.4. The zero-order valence-corrected chi connectivity index (χ0v) is 7.66. The van der Waals surface area contributed by atoms with Crippen LogP contribution in [0.3, 0.4) is 0 Å². The van der Waals surface area contributed by atoms with Crippen molar-refractivity contribution in [3.8, 4) is 0 Å². The van der Waals surface area contributed by atoms with E-state index < -0.39 is 36.0 Å². The van der Waals surface area contributed by atoms with Gasteiger partial charge >= 0.3 is 36.0 Å². The Morgan fingerprint density at radius 1 is 0.778 bits per heavy atom. The highest BCUT2D eigenvalue weighted by Gasteiger charge is 2.66. The van der Waals surface area contributed by atoms with E-state index in [0.29, 0.717) is 0 Å². The minimum Gasteiger partial charge on any atom is -0.382 e. The fraction of sp³-hybridized carbons (Fsp3) is 0.500. The van der Waals surface area contributed by atoms with E-state index in [2.05, 4.69) is 4.74 Å². The molecule has 0 fully saturated rings. The van der Waals surface area contributed by atoms with Crippen LogP contribution in [0.4, 0.5) is 35.1 Å². The van der Waals surface area contributed by atoms with Gasteiger partial charge in [0, 0.05) is 0 Å². The quantitative estimate of drug-likeness (QED) is 0.333. The summed E-state index contributed by atoms with van der Waals surface area (Å²) in [4.78, 5) is 30.3. The molecule has 0 heterocycles. The van der Waals surface area contributed by atoms with Gasteiger partial charge < -0.3 is 4.74 Å². The van der Waals surface area contributed by atoms with Crippen molar-refractivity contribution < 1.29 is 54.2 Å². The molecule has 0 saturated carbocycles. The van der Waals surface area contributed by atoms with Crippen molar-refractivity contribution in [1.82, 2.24) is 0 Å². The molecule has 0 bridgehead atoms. The Labute approximate surface area is 91.5 Å². The number of rotatable bonds is 2. The first-order valence-corrected chi connectivity index (χ1v) is 3.53. The van der Waals surface area contributed by atoms with Crippen LogP contribution in [0.1, 0.15) is 0 Å². The van der Waals surface area contributed by atoms with Crippen LogP contribution in [0.5, 0.6) is 0 Å². The molecule has 104 valence electrons. The maximum Gasteiger partial charge on any atom is 0.465 e. The van der Waals surface area contributed by atoms with Crippen molar-refractivity contribution in [1.29, 1.82) is 0 Å². The van der Waals surface area contributed by atoms with Gasteiger partial charge in [-0.15, -0.1) is 0 Å². The highest BCUT2D eigenvalue weighted by Crippen LogP contribution is 2.36. The average Bonchev–Trinajstić information content (AvgIpc) is 2.12. The molecule has 0 atom stereocenters. The smallest absolute Gasteiger partial charge is 0.382 e. The molecule has 0 N–H and O–H groups in total. The molecule has 0 amide bonds. The molecule has 0 aliphatic heterocycles.